The molecule has 7 heteroatoms. The van der Waals surface area contributed by atoms with Crippen molar-refractivity contribution in [3.8, 4) is 0 Å². The molecule has 3 N–H and O–H groups in total. The number of morpholine rings is 1. The van der Waals surface area contributed by atoms with Crippen molar-refractivity contribution >= 4 is 5.91 Å². The Bertz CT molecular complexity index is 469. The van der Waals surface area contributed by atoms with E-state index in [1.807, 2.05) is 0 Å². The predicted molar refractivity (Wildman–Crippen MR) is 82.5 cm³/mol. The molecule has 2 heterocycles. The van der Waals surface area contributed by atoms with Crippen LogP contribution >= 0.6 is 0 Å². The van der Waals surface area contributed by atoms with Gasteiger partial charge in [-0.1, -0.05) is 13.8 Å². The number of nitrogens with zero attached hydrogens (tertiary/aromatic N) is 2. The van der Waals surface area contributed by atoms with E-state index in [1.165, 1.54) is 6.26 Å². The Morgan fingerprint density at radius 3 is 2.86 bits per heavy atom. The highest BCUT2D eigenvalue weighted by Gasteiger charge is 2.18. The molecule has 2 rings (SSSR count). The number of aromatic nitrogens is 1. The van der Waals surface area contributed by atoms with Crippen LogP contribution in [0.2, 0.25) is 0 Å². The van der Waals surface area contributed by atoms with Crippen LogP contribution in [0.4, 0.5) is 0 Å². The molecule has 1 unspecified atom stereocenters. The topological polar surface area (TPSA) is 93.6 Å². The number of rotatable bonds is 7. The van der Waals surface area contributed by atoms with E-state index in [9.17, 15) is 4.79 Å². The molecule has 1 amide bonds. The highest BCUT2D eigenvalue weighted by atomic mass is 16.5. The van der Waals surface area contributed by atoms with E-state index < -0.39 is 0 Å². The Labute approximate surface area is 131 Å². The second kappa shape index (κ2) is 8.26. The van der Waals surface area contributed by atoms with Crippen LogP contribution in [0.5, 0.6) is 0 Å². The van der Waals surface area contributed by atoms with Crippen LogP contribution in [-0.2, 0) is 4.74 Å². The zero-order chi connectivity index (χ0) is 15.9. The summed E-state index contributed by atoms with van der Waals surface area (Å²) in [5.41, 5.74) is 6.29. The van der Waals surface area contributed by atoms with Crippen LogP contribution in [0.15, 0.2) is 10.7 Å². The Kier molecular flexibility index (Phi) is 6.35. The first kappa shape index (κ1) is 16.9. The van der Waals surface area contributed by atoms with Gasteiger partial charge in [0.05, 0.1) is 19.3 Å². The second-order valence-electron chi connectivity index (χ2n) is 6.02. The minimum Gasteiger partial charge on any atom is -0.446 e. The van der Waals surface area contributed by atoms with Crippen molar-refractivity contribution in [1.82, 2.24) is 15.2 Å². The van der Waals surface area contributed by atoms with Gasteiger partial charge in [-0.2, -0.15) is 0 Å². The predicted octanol–water partition coefficient (Wildman–Crippen LogP) is 0.783. The summed E-state index contributed by atoms with van der Waals surface area (Å²) < 4.78 is 10.6. The maximum atomic E-state index is 12.0. The van der Waals surface area contributed by atoms with Crippen LogP contribution in [0.3, 0.4) is 0 Å². The summed E-state index contributed by atoms with van der Waals surface area (Å²) in [6.07, 6.45) is 2.15. The lowest BCUT2D eigenvalue weighted by Gasteiger charge is -2.26. The third-order valence-electron chi connectivity index (χ3n) is 3.61. The molecule has 1 saturated heterocycles. The quantitative estimate of drug-likeness (QED) is 0.773. The minimum absolute atomic E-state index is 0.222. The largest absolute Gasteiger partial charge is 0.446 e. The summed E-state index contributed by atoms with van der Waals surface area (Å²) >= 11 is 0. The van der Waals surface area contributed by atoms with E-state index >= 15 is 0 Å². The number of nitrogens with two attached hydrogens (primary N) is 1. The third-order valence-corrected chi connectivity index (χ3v) is 3.61. The Balaban J connectivity index is 1.76. The maximum Gasteiger partial charge on any atom is 0.273 e. The molecule has 0 saturated carbocycles. The van der Waals surface area contributed by atoms with Gasteiger partial charge in [0.2, 0.25) is 5.89 Å². The smallest absolute Gasteiger partial charge is 0.273 e. The SMILES string of the molecule is CC(C)CC(N)c1nc(C(=O)NCCN2CCOCC2)co1. The summed E-state index contributed by atoms with van der Waals surface area (Å²) in [5, 5.41) is 2.85. The summed E-state index contributed by atoms with van der Waals surface area (Å²) in [5.74, 6) is 0.653. The van der Waals surface area contributed by atoms with Crippen molar-refractivity contribution in [3.63, 3.8) is 0 Å². The number of ether oxygens (including phenoxy) is 1. The van der Waals surface area contributed by atoms with E-state index in [1.54, 1.807) is 0 Å². The fourth-order valence-corrected chi connectivity index (χ4v) is 2.41. The Morgan fingerprint density at radius 2 is 2.18 bits per heavy atom. The molecular formula is C15H26N4O3. The number of amides is 1. The normalized spacial score (nSPS) is 17.6. The van der Waals surface area contributed by atoms with Gasteiger partial charge in [0, 0.05) is 26.2 Å². The Morgan fingerprint density at radius 1 is 1.45 bits per heavy atom. The van der Waals surface area contributed by atoms with Gasteiger partial charge in [0.15, 0.2) is 5.69 Å². The number of oxazole rings is 1. The molecule has 0 aromatic carbocycles. The summed E-state index contributed by atoms with van der Waals surface area (Å²) in [6.45, 7) is 8.90. The third kappa shape index (κ3) is 5.08. The highest BCUT2D eigenvalue weighted by Crippen LogP contribution is 2.17. The molecule has 0 radical (unpaired) electrons. The standard InChI is InChI=1S/C15H26N4O3/c1-11(2)9-12(16)15-18-13(10-22-15)14(20)17-3-4-19-5-7-21-8-6-19/h10-12H,3-9,16H2,1-2H3,(H,17,20). The molecule has 7 nitrogen and oxygen atoms in total. The van der Waals surface area contributed by atoms with Gasteiger partial charge in [0.1, 0.15) is 6.26 Å². The molecule has 1 fully saturated rings. The highest BCUT2D eigenvalue weighted by molar-refractivity contribution is 5.91. The van der Waals surface area contributed by atoms with Crippen LogP contribution in [-0.4, -0.2) is 55.2 Å². The van der Waals surface area contributed by atoms with Crippen molar-refractivity contribution in [2.75, 3.05) is 39.4 Å². The summed E-state index contributed by atoms with van der Waals surface area (Å²) in [7, 11) is 0. The van der Waals surface area contributed by atoms with Crippen LogP contribution in [0.25, 0.3) is 0 Å². The lowest BCUT2D eigenvalue weighted by atomic mass is 10.0. The number of carbonyl (C=O) groups is 1. The molecular weight excluding hydrogens is 284 g/mol. The van der Waals surface area contributed by atoms with E-state index in [0.717, 1.165) is 39.3 Å². The van der Waals surface area contributed by atoms with Crippen molar-refractivity contribution in [3.05, 3.63) is 17.8 Å². The van der Waals surface area contributed by atoms with Crippen molar-refractivity contribution < 1.29 is 13.9 Å². The maximum absolute atomic E-state index is 12.0. The number of nitrogens with one attached hydrogen (secondary N) is 1. The molecule has 1 atom stereocenters. The first-order valence-corrected chi connectivity index (χ1v) is 7.85. The van der Waals surface area contributed by atoms with E-state index in [0.29, 0.717) is 18.4 Å². The zero-order valence-corrected chi connectivity index (χ0v) is 13.4. The lowest BCUT2D eigenvalue weighted by Crippen LogP contribution is -2.41. The van der Waals surface area contributed by atoms with Crippen LogP contribution < -0.4 is 11.1 Å². The van der Waals surface area contributed by atoms with Gasteiger partial charge < -0.3 is 20.2 Å². The summed E-state index contributed by atoms with van der Waals surface area (Å²) in [6, 6.07) is -0.269. The van der Waals surface area contributed by atoms with E-state index in [-0.39, 0.29) is 17.6 Å². The fourth-order valence-electron chi connectivity index (χ4n) is 2.41. The molecule has 1 aromatic rings. The second-order valence-corrected chi connectivity index (χ2v) is 6.02. The van der Waals surface area contributed by atoms with Crippen molar-refractivity contribution in [2.45, 2.75) is 26.3 Å². The van der Waals surface area contributed by atoms with Crippen molar-refractivity contribution in [2.24, 2.45) is 11.7 Å². The molecule has 0 spiro atoms. The van der Waals surface area contributed by atoms with Gasteiger partial charge in [0.25, 0.3) is 5.91 Å². The first-order valence-electron chi connectivity index (χ1n) is 7.85. The molecule has 0 bridgehead atoms. The molecule has 124 valence electrons. The fraction of sp³-hybridized carbons (Fsp3) is 0.733. The molecule has 1 aliphatic heterocycles. The molecule has 1 aliphatic rings. The van der Waals surface area contributed by atoms with Crippen LogP contribution in [0.1, 0.15) is 42.7 Å². The lowest BCUT2D eigenvalue weighted by molar-refractivity contribution is 0.0383. The Hall–Kier alpha value is -1.44. The monoisotopic (exact) mass is 310 g/mol. The first-order chi connectivity index (χ1) is 10.6. The van der Waals surface area contributed by atoms with Crippen molar-refractivity contribution in [1.29, 1.82) is 0 Å². The van der Waals surface area contributed by atoms with Crippen LogP contribution in [0, 0.1) is 5.92 Å². The average Bonchev–Trinajstić information content (AvgIpc) is 2.97. The van der Waals surface area contributed by atoms with Gasteiger partial charge in [-0.25, -0.2) is 4.98 Å². The molecule has 0 aliphatic carbocycles. The minimum atomic E-state index is -0.269. The number of hydrogen-bond acceptors (Lipinski definition) is 6. The van der Waals surface area contributed by atoms with E-state index in [4.69, 9.17) is 14.9 Å². The molecule has 1 aromatic heterocycles. The number of carbonyl (C=O) groups excluding carboxylic acids is 1. The van der Waals surface area contributed by atoms with Gasteiger partial charge >= 0.3 is 0 Å². The summed E-state index contributed by atoms with van der Waals surface area (Å²) in [4.78, 5) is 18.5. The number of hydrogen-bond donors (Lipinski definition) is 2. The van der Waals surface area contributed by atoms with E-state index in [2.05, 4.69) is 29.0 Å². The average molecular weight is 310 g/mol. The van der Waals surface area contributed by atoms with Gasteiger partial charge in [-0.05, 0) is 12.3 Å². The zero-order valence-electron chi connectivity index (χ0n) is 13.4. The molecule has 22 heavy (non-hydrogen) atoms. The van der Waals surface area contributed by atoms with Gasteiger partial charge in [-0.15, -0.1) is 0 Å². The van der Waals surface area contributed by atoms with Gasteiger partial charge in [-0.3, -0.25) is 9.69 Å².